The van der Waals surface area contributed by atoms with Crippen molar-refractivity contribution in [3.05, 3.63) is 104 Å². The summed E-state index contributed by atoms with van der Waals surface area (Å²) in [5.41, 5.74) is 4.85. The first kappa shape index (κ1) is 20.1. The molecule has 0 bridgehead atoms. The number of nitrogens with zero attached hydrogens (tertiary/aromatic N) is 2. The Bertz CT molecular complexity index is 1100. The number of amides is 2. The maximum Gasteiger partial charge on any atom is 0.277 e. The molecule has 0 atom stereocenters. The molecule has 0 radical (unpaired) electrons. The Morgan fingerprint density at radius 2 is 1.10 bits per heavy atom. The highest BCUT2D eigenvalue weighted by atomic mass is 16.6. The van der Waals surface area contributed by atoms with Crippen LogP contribution in [-0.2, 0) is 0 Å². The minimum Gasteiger partial charge on any atom is -0.267 e. The highest BCUT2D eigenvalue weighted by Crippen LogP contribution is 2.22. The number of benzene rings is 3. The first-order valence-electron chi connectivity index (χ1n) is 8.55. The summed E-state index contributed by atoms with van der Waals surface area (Å²) in [5.74, 6) is -1.56. The van der Waals surface area contributed by atoms with Gasteiger partial charge in [0.25, 0.3) is 23.2 Å². The van der Waals surface area contributed by atoms with E-state index in [2.05, 4.69) is 10.9 Å². The van der Waals surface area contributed by atoms with Gasteiger partial charge in [0.05, 0.1) is 21.5 Å². The molecule has 0 unspecified atom stereocenters. The SMILES string of the molecule is O=C(NNC(=O)c1cc([N+](=O)[O-])cc([N+](=O)[O-])c1)c1ccc(-c2ccccc2)cc1. The summed E-state index contributed by atoms with van der Waals surface area (Å²) in [6.45, 7) is 0. The Morgan fingerprint density at radius 1 is 0.633 bits per heavy atom. The largest absolute Gasteiger partial charge is 0.277 e. The van der Waals surface area contributed by atoms with Crippen molar-refractivity contribution in [3.8, 4) is 11.1 Å². The van der Waals surface area contributed by atoms with Gasteiger partial charge in [-0.3, -0.25) is 40.7 Å². The minimum atomic E-state index is -0.934. The van der Waals surface area contributed by atoms with Gasteiger partial charge in [-0.25, -0.2) is 0 Å². The van der Waals surface area contributed by atoms with E-state index in [1.165, 1.54) is 0 Å². The molecule has 0 fully saturated rings. The Morgan fingerprint density at radius 3 is 1.60 bits per heavy atom. The van der Waals surface area contributed by atoms with Crippen molar-refractivity contribution >= 4 is 23.2 Å². The number of carbonyl (C=O) groups excluding carboxylic acids is 2. The van der Waals surface area contributed by atoms with E-state index in [0.717, 1.165) is 29.3 Å². The molecule has 0 saturated heterocycles. The smallest absolute Gasteiger partial charge is 0.267 e. The molecule has 0 aliphatic heterocycles. The average molecular weight is 406 g/mol. The predicted molar refractivity (Wildman–Crippen MR) is 107 cm³/mol. The summed E-state index contributed by atoms with van der Waals surface area (Å²) in [4.78, 5) is 44.6. The molecule has 10 heteroatoms. The number of hydrazine groups is 1. The molecule has 0 heterocycles. The van der Waals surface area contributed by atoms with E-state index < -0.39 is 33.0 Å². The lowest BCUT2D eigenvalue weighted by atomic mass is 10.0. The van der Waals surface area contributed by atoms with Crippen LogP contribution in [0.5, 0.6) is 0 Å². The number of nitro benzene ring substituents is 2. The van der Waals surface area contributed by atoms with Crippen LogP contribution in [-0.4, -0.2) is 21.7 Å². The van der Waals surface area contributed by atoms with Crippen LogP contribution in [0.25, 0.3) is 11.1 Å². The molecule has 30 heavy (non-hydrogen) atoms. The monoisotopic (exact) mass is 406 g/mol. The van der Waals surface area contributed by atoms with Crippen LogP contribution in [0.2, 0.25) is 0 Å². The molecule has 10 nitrogen and oxygen atoms in total. The van der Waals surface area contributed by atoms with Crippen molar-refractivity contribution in [1.29, 1.82) is 0 Å². The first-order valence-corrected chi connectivity index (χ1v) is 8.55. The van der Waals surface area contributed by atoms with Gasteiger partial charge in [-0.2, -0.15) is 0 Å². The van der Waals surface area contributed by atoms with Crippen molar-refractivity contribution in [2.75, 3.05) is 0 Å². The Labute approximate surface area is 169 Å². The van der Waals surface area contributed by atoms with Crippen molar-refractivity contribution in [2.45, 2.75) is 0 Å². The number of hydrogen-bond donors (Lipinski definition) is 2. The molecule has 0 aliphatic carbocycles. The molecular formula is C20H14N4O6. The standard InChI is InChI=1S/C20H14N4O6/c25-19(15-8-6-14(7-9-15)13-4-2-1-3-5-13)21-22-20(26)16-10-17(23(27)28)12-18(11-16)24(29)30/h1-12H,(H,21,25)(H,22,26). The van der Waals surface area contributed by atoms with Gasteiger partial charge in [-0.1, -0.05) is 42.5 Å². The predicted octanol–water partition coefficient (Wildman–Crippen LogP) is 3.24. The highest BCUT2D eigenvalue weighted by molar-refractivity contribution is 5.99. The average Bonchev–Trinajstić information content (AvgIpc) is 2.77. The summed E-state index contributed by atoms with van der Waals surface area (Å²) in [6.07, 6.45) is 0. The van der Waals surface area contributed by atoms with Crippen LogP contribution < -0.4 is 10.9 Å². The Kier molecular flexibility index (Phi) is 5.78. The lowest BCUT2D eigenvalue weighted by Gasteiger charge is -2.08. The lowest BCUT2D eigenvalue weighted by Crippen LogP contribution is -2.41. The van der Waals surface area contributed by atoms with Gasteiger partial charge in [-0.05, 0) is 23.3 Å². The maximum absolute atomic E-state index is 12.2. The summed E-state index contributed by atoms with van der Waals surface area (Å²) >= 11 is 0. The fraction of sp³-hybridized carbons (Fsp3) is 0. The molecule has 2 N–H and O–H groups in total. The van der Waals surface area contributed by atoms with E-state index in [9.17, 15) is 29.8 Å². The quantitative estimate of drug-likeness (QED) is 0.491. The van der Waals surface area contributed by atoms with Crippen molar-refractivity contribution in [3.63, 3.8) is 0 Å². The Balaban J connectivity index is 1.69. The van der Waals surface area contributed by atoms with Crippen LogP contribution in [0.1, 0.15) is 20.7 Å². The lowest BCUT2D eigenvalue weighted by molar-refractivity contribution is -0.394. The highest BCUT2D eigenvalue weighted by Gasteiger charge is 2.20. The number of nitrogens with one attached hydrogen (secondary N) is 2. The van der Waals surface area contributed by atoms with Crippen LogP contribution in [0, 0.1) is 20.2 Å². The second-order valence-corrected chi connectivity index (χ2v) is 6.10. The van der Waals surface area contributed by atoms with E-state index in [0.29, 0.717) is 0 Å². The van der Waals surface area contributed by atoms with Crippen LogP contribution >= 0.6 is 0 Å². The third-order valence-electron chi connectivity index (χ3n) is 4.13. The molecule has 2 amide bonds. The number of carbonyl (C=O) groups is 2. The normalized spacial score (nSPS) is 10.1. The molecule has 0 aliphatic rings. The van der Waals surface area contributed by atoms with Gasteiger partial charge < -0.3 is 0 Å². The van der Waals surface area contributed by atoms with Crippen LogP contribution in [0.3, 0.4) is 0 Å². The number of hydrogen-bond acceptors (Lipinski definition) is 6. The molecule has 3 rings (SSSR count). The van der Waals surface area contributed by atoms with E-state index in [4.69, 9.17) is 0 Å². The third-order valence-corrected chi connectivity index (χ3v) is 4.13. The summed E-state index contributed by atoms with van der Waals surface area (Å²) < 4.78 is 0. The van der Waals surface area contributed by atoms with E-state index in [1.54, 1.807) is 24.3 Å². The van der Waals surface area contributed by atoms with Crippen molar-refractivity contribution in [1.82, 2.24) is 10.9 Å². The molecule has 0 spiro atoms. The van der Waals surface area contributed by atoms with Crippen LogP contribution in [0.15, 0.2) is 72.8 Å². The van der Waals surface area contributed by atoms with Gasteiger partial charge in [0.2, 0.25) is 0 Å². The fourth-order valence-electron chi connectivity index (χ4n) is 2.64. The number of rotatable bonds is 5. The van der Waals surface area contributed by atoms with Gasteiger partial charge in [0.1, 0.15) is 0 Å². The second kappa shape index (κ2) is 8.61. The van der Waals surface area contributed by atoms with Crippen molar-refractivity contribution < 1.29 is 19.4 Å². The first-order chi connectivity index (χ1) is 14.3. The molecule has 150 valence electrons. The second-order valence-electron chi connectivity index (χ2n) is 6.10. The Hall–Kier alpha value is -4.60. The number of nitro groups is 2. The van der Waals surface area contributed by atoms with Crippen molar-refractivity contribution in [2.24, 2.45) is 0 Å². The summed E-state index contributed by atoms with van der Waals surface area (Å²) in [6, 6.07) is 18.7. The molecule has 3 aromatic carbocycles. The molecular weight excluding hydrogens is 392 g/mol. The zero-order chi connectivity index (χ0) is 21.7. The third kappa shape index (κ3) is 4.62. The molecule has 3 aromatic rings. The van der Waals surface area contributed by atoms with Gasteiger partial charge >= 0.3 is 0 Å². The zero-order valence-corrected chi connectivity index (χ0v) is 15.3. The fourth-order valence-corrected chi connectivity index (χ4v) is 2.64. The number of non-ortho nitro benzene ring substituents is 2. The molecule has 0 aromatic heterocycles. The van der Waals surface area contributed by atoms with E-state index in [1.807, 2.05) is 30.3 Å². The van der Waals surface area contributed by atoms with Gasteiger partial charge in [-0.15, -0.1) is 0 Å². The minimum absolute atomic E-state index is 0.264. The van der Waals surface area contributed by atoms with Gasteiger partial charge in [0.15, 0.2) is 0 Å². The summed E-state index contributed by atoms with van der Waals surface area (Å²) in [5, 5.41) is 21.8. The summed E-state index contributed by atoms with van der Waals surface area (Å²) in [7, 11) is 0. The van der Waals surface area contributed by atoms with E-state index >= 15 is 0 Å². The van der Waals surface area contributed by atoms with Gasteiger partial charge in [0, 0.05) is 17.7 Å². The molecule has 0 saturated carbocycles. The maximum atomic E-state index is 12.2. The zero-order valence-electron chi connectivity index (χ0n) is 15.3. The van der Waals surface area contributed by atoms with Crippen LogP contribution in [0.4, 0.5) is 11.4 Å². The van der Waals surface area contributed by atoms with E-state index in [-0.39, 0.29) is 11.1 Å². The topological polar surface area (TPSA) is 144 Å².